The van der Waals surface area contributed by atoms with Crippen LogP contribution in [0.25, 0.3) is 0 Å². The number of fused-ring (bicyclic) bond motifs is 5. The third-order valence-corrected chi connectivity index (χ3v) is 9.77. The number of hydrogen-bond donors (Lipinski definition) is 2. The lowest BCUT2D eigenvalue weighted by atomic mass is 9.55. The van der Waals surface area contributed by atoms with E-state index in [-0.39, 0.29) is 33.5 Å². The van der Waals surface area contributed by atoms with Crippen LogP contribution in [0.4, 0.5) is 0 Å². The second-order valence-electron chi connectivity index (χ2n) is 10.6. The quantitative estimate of drug-likeness (QED) is 0.573. The van der Waals surface area contributed by atoms with E-state index in [9.17, 15) is 18.3 Å². The lowest BCUT2D eigenvalue weighted by Crippen LogP contribution is -2.45. The summed E-state index contributed by atoms with van der Waals surface area (Å²) in [6.07, 6.45) is 5.37. The predicted molar refractivity (Wildman–Crippen MR) is 133 cm³/mol. The van der Waals surface area contributed by atoms with Crippen molar-refractivity contribution in [1.29, 1.82) is 0 Å². The monoisotopic (exact) mass is 515 g/mol. The van der Waals surface area contributed by atoms with Gasteiger partial charge in [-0.2, -0.15) is 0 Å². The Morgan fingerprint density at radius 1 is 1.08 bits per heavy atom. The van der Waals surface area contributed by atoms with Crippen molar-refractivity contribution in [1.82, 2.24) is 0 Å². The third-order valence-electron chi connectivity index (χ3n) is 8.87. The lowest BCUT2D eigenvalue weighted by molar-refractivity contribution is -0.0429. The zero-order chi connectivity index (χ0) is 25.8. The third kappa shape index (κ3) is 4.02. The molecular formula is C27H33NO7S. The summed E-state index contributed by atoms with van der Waals surface area (Å²) >= 11 is 0. The van der Waals surface area contributed by atoms with E-state index in [1.165, 1.54) is 37.5 Å². The normalized spacial score (nSPS) is 29.0. The molecule has 2 fully saturated rings. The Morgan fingerprint density at radius 3 is 2.56 bits per heavy atom. The van der Waals surface area contributed by atoms with Crippen molar-refractivity contribution in [3.8, 4) is 17.2 Å². The van der Waals surface area contributed by atoms with E-state index in [1.807, 2.05) is 6.07 Å². The van der Waals surface area contributed by atoms with Crippen molar-refractivity contribution < 1.29 is 32.5 Å². The Balaban J connectivity index is 1.41. The minimum absolute atomic E-state index is 0.0204. The van der Waals surface area contributed by atoms with Gasteiger partial charge in [-0.25, -0.2) is 18.4 Å². The van der Waals surface area contributed by atoms with E-state index >= 15 is 0 Å². The number of sulfonamides is 1. The number of aryl methyl sites for hydroxylation is 1. The summed E-state index contributed by atoms with van der Waals surface area (Å²) < 4.78 is 40.8. The van der Waals surface area contributed by atoms with Crippen LogP contribution in [0.15, 0.2) is 35.2 Å². The number of ether oxygens (including phenoxy) is 3. The SMILES string of the molecule is COc1cc(S(N)(=O)=O)cc(C(=O)O[C@H]2CCC3C4CCc5cc(O)ccc5C4CC[C@@]32C)c1OC. The minimum Gasteiger partial charge on any atom is -0.508 e. The van der Waals surface area contributed by atoms with Crippen LogP contribution in [0.1, 0.15) is 66.4 Å². The smallest absolute Gasteiger partial charge is 0.342 e. The van der Waals surface area contributed by atoms with Crippen LogP contribution in [0.5, 0.6) is 17.2 Å². The molecule has 2 aromatic carbocycles. The van der Waals surface area contributed by atoms with Crippen molar-refractivity contribution in [2.75, 3.05) is 14.2 Å². The summed E-state index contributed by atoms with van der Waals surface area (Å²) in [5.41, 5.74) is 2.41. The number of phenolic OH excluding ortho intramolecular Hbond substituents is 1. The summed E-state index contributed by atoms with van der Waals surface area (Å²) in [5, 5.41) is 15.2. The van der Waals surface area contributed by atoms with Crippen molar-refractivity contribution >= 4 is 16.0 Å². The number of rotatable bonds is 5. The zero-order valence-electron chi connectivity index (χ0n) is 20.8. The summed E-state index contributed by atoms with van der Waals surface area (Å²) in [6, 6.07) is 8.19. The highest BCUT2D eigenvalue weighted by Gasteiger charge is 2.56. The average molecular weight is 516 g/mol. The minimum atomic E-state index is -4.07. The number of esters is 1. The maximum Gasteiger partial charge on any atom is 0.342 e. The number of hydrogen-bond acceptors (Lipinski definition) is 7. The fourth-order valence-electron chi connectivity index (χ4n) is 7.16. The molecule has 3 unspecified atom stereocenters. The van der Waals surface area contributed by atoms with Gasteiger partial charge in [0.1, 0.15) is 17.4 Å². The molecule has 0 heterocycles. The van der Waals surface area contributed by atoms with Crippen molar-refractivity contribution in [2.45, 2.75) is 62.4 Å². The van der Waals surface area contributed by atoms with Crippen LogP contribution in [0.3, 0.4) is 0 Å². The van der Waals surface area contributed by atoms with E-state index in [1.54, 1.807) is 6.07 Å². The molecule has 2 saturated carbocycles. The highest BCUT2D eigenvalue weighted by Crippen LogP contribution is 2.61. The molecule has 0 saturated heterocycles. The summed E-state index contributed by atoms with van der Waals surface area (Å²) in [4.78, 5) is 13.2. The second-order valence-corrected chi connectivity index (χ2v) is 12.1. The molecule has 2 aromatic rings. The number of primary sulfonamides is 1. The predicted octanol–water partition coefficient (Wildman–Crippen LogP) is 4.14. The number of methoxy groups -OCH3 is 2. The number of carbonyl (C=O) groups excluding carboxylic acids is 1. The molecule has 36 heavy (non-hydrogen) atoms. The first kappa shape index (κ1) is 24.9. The van der Waals surface area contributed by atoms with Crippen LogP contribution in [0, 0.1) is 17.3 Å². The number of carbonyl (C=O) groups is 1. The van der Waals surface area contributed by atoms with Gasteiger partial charge in [-0.15, -0.1) is 0 Å². The molecule has 9 heteroatoms. The number of nitrogens with two attached hydrogens (primary N) is 1. The number of phenols is 1. The maximum atomic E-state index is 13.4. The first-order valence-electron chi connectivity index (χ1n) is 12.4. The van der Waals surface area contributed by atoms with Gasteiger partial charge >= 0.3 is 5.97 Å². The molecule has 194 valence electrons. The molecule has 0 amide bonds. The van der Waals surface area contributed by atoms with Gasteiger partial charge in [0.2, 0.25) is 10.0 Å². The van der Waals surface area contributed by atoms with Crippen LogP contribution in [-0.4, -0.2) is 39.8 Å². The molecule has 0 aliphatic heterocycles. The molecule has 0 spiro atoms. The first-order valence-corrected chi connectivity index (χ1v) is 13.9. The largest absolute Gasteiger partial charge is 0.508 e. The highest BCUT2D eigenvalue weighted by molar-refractivity contribution is 7.89. The van der Waals surface area contributed by atoms with Crippen LogP contribution >= 0.6 is 0 Å². The van der Waals surface area contributed by atoms with Gasteiger partial charge in [0.05, 0.1) is 19.1 Å². The summed E-state index contributed by atoms with van der Waals surface area (Å²) in [5.74, 6) is 1.27. The molecule has 5 atom stereocenters. The van der Waals surface area contributed by atoms with E-state index in [4.69, 9.17) is 19.3 Å². The summed E-state index contributed by atoms with van der Waals surface area (Å²) in [7, 11) is -1.32. The van der Waals surface area contributed by atoms with E-state index in [2.05, 4.69) is 13.0 Å². The van der Waals surface area contributed by atoms with Gasteiger partial charge in [0.25, 0.3) is 0 Å². The van der Waals surface area contributed by atoms with E-state index in [0.29, 0.717) is 23.5 Å². The molecular weight excluding hydrogens is 482 g/mol. The molecule has 0 aromatic heterocycles. The van der Waals surface area contributed by atoms with Gasteiger partial charge < -0.3 is 19.3 Å². The fraction of sp³-hybridized carbons (Fsp3) is 0.519. The Hall–Kier alpha value is -2.78. The van der Waals surface area contributed by atoms with Gasteiger partial charge in [0, 0.05) is 11.5 Å². The van der Waals surface area contributed by atoms with Crippen molar-refractivity contribution in [3.63, 3.8) is 0 Å². The Kier molecular flexibility index (Phi) is 6.19. The van der Waals surface area contributed by atoms with Crippen LogP contribution in [0.2, 0.25) is 0 Å². The van der Waals surface area contributed by atoms with E-state index < -0.39 is 16.0 Å². The zero-order valence-corrected chi connectivity index (χ0v) is 21.6. The molecule has 3 N–H and O–H groups in total. The second kappa shape index (κ2) is 8.95. The molecule has 8 nitrogen and oxygen atoms in total. The maximum absolute atomic E-state index is 13.4. The van der Waals surface area contributed by atoms with Crippen molar-refractivity contribution in [3.05, 3.63) is 47.0 Å². The molecule has 0 bridgehead atoms. The van der Waals surface area contributed by atoms with Gasteiger partial charge in [0.15, 0.2) is 11.5 Å². The van der Waals surface area contributed by atoms with Gasteiger partial charge in [-0.3, -0.25) is 0 Å². The van der Waals surface area contributed by atoms with E-state index in [0.717, 1.165) is 38.5 Å². The highest BCUT2D eigenvalue weighted by atomic mass is 32.2. The standard InChI is InChI=1S/C27H33NO7S/c1-27-11-10-19-18-7-5-16(29)12-15(18)4-6-20(19)22(27)8-9-24(27)35-26(30)21-13-17(36(28,31)32)14-23(33-2)25(21)34-3/h5,7,12-14,19-20,22,24,29H,4,6,8-11H2,1-3H3,(H2,28,31,32)/t19?,20?,22?,24-,27-/m0/s1. The average Bonchev–Trinajstić information content (AvgIpc) is 3.18. The molecule has 5 rings (SSSR count). The first-order chi connectivity index (χ1) is 17.1. The molecule has 0 radical (unpaired) electrons. The topological polar surface area (TPSA) is 125 Å². The Morgan fingerprint density at radius 2 is 1.86 bits per heavy atom. The Bertz CT molecular complexity index is 1310. The Labute approximate surface area is 211 Å². The van der Waals surface area contributed by atoms with Crippen molar-refractivity contribution in [2.24, 2.45) is 22.4 Å². The van der Waals surface area contributed by atoms with Gasteiger partial charge in [-0.1, -0.05) is 13.0 Å². The van der Waals surface area contributed by atoms with Crippen LogP contribution < -0.4 is 14.6 Å². The number of aromatic hydroxyl groups is 1. The summed E-state index contributed by atoms with van der Waals surface area (Å²) in [6.45, 7) is 2.23. The van der Waals surface area contributed by atoms with Gasteiger partial charge in [-0.05, 0) is 85.6 Å². The fourth-order valence-corrected chi connectivity index (χ4v) is 7.72. The van der Waals surface area contributed by atoms with Crippen LogP contribution in [-0.2, 0) is 21.2 Å². The molecule has 3 aliphatic rings. The molecule has 3 aliphatic carbocycles. The lowest BCUT2D eigenvalue weighted by Gasteiger charge is -2.50. The number of benzene rings is 2.